The summed E-state index contributed by atoms with van der Waals surface area (Å²) >= 11 is 1.50. The maximum Gasteiger partial charge on any atom is 0.337 e. The normalized spacial score (nSPS) is 16.0. The standard InChI is InChI=1S/C21H26N4O3S/c1-11(2)10-29-21-24-18-17(19(26)25-21)16(14-6-8-22-9-7-14)15(13(5)23-18)20(27)28-12(3)4/h6-9,11-12,16H,10H2,1-5H3,(H2,23,24,25,26). The topological polar surface area (TPSA) is 97.0 Å². The second-order valence-corrected chi connectivity index (χ2v) is 8.68. The van der Waals surface area contributed by atoms with Gasteiger partial charge in [0.15, 0.2) is 5.16 Å². The minimum absolute atomic E-state index is 0.266. The van der Waals surface area contributed by atoms with Crippen molar-refractivity contribution in [2.24, 2.45) is 5.92 Å². The van der Waals surface area contributed by atoms with Crippen molar-refractivity contribution in [3.63, 3.8) is 0 Å². The fourth-order valence-electron chi connectivity index (χ4n) is 3.18. The Balaban J connectivity index is 2.13. The minimum Gasteiger partial charge on any atom is -0.460 e. The number of hydrogen-bond donors (Lipinski definition) is 2. The van der Waals surface area contributed by atoms with Gasteiger partial charge in [-0.3, -0.25) is 9.78 Å². The van der Waals surface area contributed by atoms with Crippen molar-refractivity contribution in [2.75, 3.05) is 11.1 Å². The lowest BCUT2D eigenvalue weighted by atomic mass is 9.83. The fourth-order valence-corrected chi connectivity index (χ4v) is 3.99. The van der Waals surface area contributed by atoms with Gasteiger partial charge in [0.25, 0.3) is 5.56 Å². The molecule has 0 saturated carbocycles. The molecule has 3 heterocycles. The molecule has 2 aromatic rings. The van der Waals surface area contributed by atoms with E-state index in [4.69, 9.17) is 4.74 Å². The number of allylic oxidation sites excluding steroid dienone is 1. The number of nitrogens with one attached hydrogen (secondary N) is 2. The Labute approximate surface area is 174 Å². The summed E-state index contributed by atoms with van der Waals surface area (Å²) in [6.07, 6.45) is 3.02. The van der Waals surface area contributed by atoms with Crippen LogP contribution in [0.15, 0.2) is 45.7 Å². The molecule has 0 saturated heterocycles. The Hall–Kier alpha value is -2.61. The molecule has 0 aliphatic carbocycles. The van der Waals surface area contributed by atoms with E-state index in [2.05, 4.69) is 34.1 Å². The van der Waals surface area contributed by atoms with Crippen LogP contribution in [0.25, 0.3) is 0 Å². The van der Waals surface area contributed by atoms with Crippen molar-refractivity contribution in [2.45, 2.75) is 51.8 Å². The second kappa shape index (κ2) is 8.82. The molecule has 0 spiro atoms. The van der Waals surface area contributed by atoms with Gasteiger partial charge in [0.1, 0.15) is 5.82 Å². The van der Waals surface area contributed by atoms with Crippen LogP contribution >= 0.6 is 11.8 Å². The number of hydrogen-bond acceptors (Lipinski definition) is 7. The van der Waals surface area contributed by atoms with E-state index < -0.39 is 11.9 Å². The van der Waals surface area contributed by atoms with Gasteiger partial charge in [-0.1, -0.05) is 25.6 Å². The lowest BCUT2D eigenvalue weighted by Crippen LogP contribution is -2.31. The number of anilines is 1. The van der Waals surface area contributed by atoms with Gasteiger partial charge in [0, 0.05) is 23.8 Å². The van der Waals surface area contributed by atoms with Crippen LogP contribution in [0.4, 0.5) is 5.82 Å². The first-order valence-corrected chi connectivity index (χ1v) is 10.6. The third-order valence-corrected chi connectivity index (χ3v) is 5.68. The molecule has 1 unspecified atom stereocenters. The maximum atomic E-state index is 13.1. The summed E-state index contributed by atoms with van der Waals surface area (Å²) < 4.78 is 5.47. The van der Waals surface area contributed by atoms with Crippen molar-refractivity contribution in [1.29, 1.82) is 0 Å². The summed E-state index contributed by atoms with van der Waals surface area (Å²) in [4.78, 5) is 37.5. The van der Waals surface area contributed by atoms with Crippen LogP contribution in [0.1, 0.15) is 51.7 Å². The van der Waals surface area contributed by atoms with Gasteiger partial charge in [0.05, 0.1) is 23.2 Å². The van der Waals surface area contributed by atoms with E-state index in [-0.39, 0.29) is 11.7 Å². The molecule has 0 aromatic carbocycles. The van der Waals surface area contributed by atoms with Crippen LogP contribution in [0, 0.1) is 5.92 Å². The van der Waals surface area contributed by atoms with Gasteiger partial charge in [-0.25, -0.2) is 9.78 Å². The van der Waals surface area contributed by atoms with E-state index in [9.17, 15) is 9.59 Å². The first-order valence-electron chi connectivity index (χ1n) is 9.63. The zero-order chi connectivity index (χ0) is 21.1. The molecule has 7 nitrogen and oxygen atoms in total. The predicted octanol–water partition coefficient (Wildman–Crippen LogP) is 3.70. The Morgan fingerprint density at radius 1 is 1.24 bits per heavy atom. The Morgan fingerprint density at radius 3 is 2.55 bits per heavy atom. The minimum atomic E-state index is -0.583. The van der Waals surface area contributed by atoms with Gasteiger partial charge in [-0.15, -0.1) is 0 Å². The van der Waals surface area contributed by atoms with Gasteiger partial charge in [-0.05, 0) is 44.4 Å². The molecule has 29 heavy (non-hydrogen) atoms. The lowest BCUT2D eigenvalue weighted by molar-refractivity contribution is -0.143. The molecule has 0 radical (unpaired) electrons. The number of pyridine rings is 1. The van der Waals surface area contributed by atoms with Crippen LogP contribution in [0.2, 0.25) is 0 Å². The Morgan fingerprint density at radius 2 is 1.93 bits per heavy atom. The summed E-state index contributed by atoms with van der Waals surface area (Å²) in [5.41, 5.74) is 1.96. The molecular formula is C21H26N4O3S. The number of carbonyl (C=O) groups excluding carboxylic acids is 1. The van der Waals surface area contributed by atoms with Gasteiger partial charge in [-0.2, -0.15) is 0 Å². The maximum absolute atomic E-state index is 13.1. The quantitative estimate of drug-likeness (QED) is 0.423. The summed E-state index contributed by atoms with van der Waals surface area (Å²) in [7, 11) is 0. The van der Waals surface area contributed by atoms with E-state index in [1.165, 1.54) is 11.8 Å². The predicted molar refractivity (Wildman–Crippen MR) is 114 cm³/mol. The van der Waals surface area contributed by atoms with Crippen molar-refractivity contribution >= 4 is 23.5 Å². The van der Waals surface area contributed by atoms with Crippen LogP contribution in [-0.2, 0) is 9.53 Å². The van der Waals surface area contributed by atoms with Crippen LogP contribution in [0.3, 0.4) is 0 Å². The molecule has 3 rings (SSSR count). The molecule has 1 atom stereocenters. The van der Waals surface area contributed by atoms with Crippen molar-refractivity contribution in [1.82, 2.24) is 15.0 Å². The first-order chi connectivity index (χ1) is 13.8. The molecule has 1 aliphatic rings. The van der Waals surface area contributed by atoms with Crippen molar-refractivity contribution < 1.29 is 9.53 Å². The average Bonchev–Trinajstić information content (AvgIpc) is 2.65. The molecule has 154 valence electrons. The van der Waals surface area contributed by atoms with Gasteiger partial charge >= 0.3 is 5.97 Å². The number of ether oxygens (including phenoxy) is 1. The molecule has 0 bridgehead atoms. The monoisotopic (exact) mass is 414 g/mol. The molecule has 0 amide bonds. The molecule has 2 N–H and O–H groups in total. The van der Waals surface area contributed by atoms with Crippen molar-refractivity contribution in [3.8, 4) is 0 Å². The first kappa shape index (κ1) is 21.1. The molecule has 1 aliphatic heterocycles. The highest BCUT2D eigenvalue weighted by atomic mass is 32.2. The number of aromatic amines is 1. The SMILES string of the molecule is CC1=C(C(=O)OC(C)C)C(c2ccncc2)c2c(nc(SCC(C)C)[nH]c2=O)N1. The molecule has 8 heteroatoms. The van der Waals surface area contributed by atoms with Crippen LogP contribution in [-0.4, -0.2) is 32.8 Å². The number of nitrogens with zero attached hydrogens (tertiary/aromatic N) is 2. The number of esters is 1. The third kappa shape index (κ3) is 4.70. The summed E-state index contributed by atoms with van der Waals surface area (Å²) in [6, 6.07) is 3.60. The van der Waals surface area contributed by atoms with Gasteiger partial charge < -0.3 is 15.0 Å². The summed E-state index contributed by atoms with van der Waals surface area (Å²) in [5.74, 6) is 0.755. The zero-order valence-corrected chi connectivity index (χ0v) is 18.1. The van der Waals surface area contributed by atoms with Crippen LogP contribution < -0.4 is 10.9 Å². The Bertz CT molecular complexity index is 983. The van der Waals surface area contributed by atoms with E-state index >= 15 is 0 Å². The molecule has 0 fully saturated rings. The number of fused-ring (bicyclic) bond motifs is 1. The van der Waals surface area contributed by atoms with E-state index in [1.807, 2.05) is 0 Å². The largest absolute Gasteiger partial charge is 0.460 e. The smallest absolute Gasteiger partial charge is 0.337 e. The number of aromatic nitrogens is 3. The lowest BCUT2D eigenvalue weighted by Gasteiger charge is -2.29. The van der Waals surface area contributed by atoms with E-state index in [1.54, 1.807) is 45.3 Å². The highest BCUT2D eigenvalue weighted by molar-refractivity contribution is 7.99. The highest BCUT2D eigenvalue weighted by Gasteiger charge is 2.36. The van der Waals surface area contributed by atoms with E-state index in [0.29, 0.717) is 33.7 Å². The summed E-state index contributed by atoms with van der Waals surface area (Å²) in [5, 5.41) is 3.71. The Kier molecular flexibility index (Phi) is 6.42. The second-order valence-electron chi connectivity index (χ2n) is 7.67. The number of thioether (sulfide) groups is 1. The highest BCUT2D eigenvalue weighted by Crippen LogP contribution is 2.40. The fraction of sp³-hybridized carbons (Fsp3) is 0.429. The number of H-pyrrole nitrogens is 1. The molecule has 2 aromatic heterocycles. The zero-order valence-electron chi connectivity index (χ0n) is 17.3. The average molecular weight is 415 g/mol. The molecular weight excluding hydrogens is 388 g/mol. The van der Waals surface area contributed by atoms with Gasteiger partial charge in [0.2, 0.25) is 0 Å². The number of carbonyl (C=O) groups is 1. The van der Waals surface area contributed by atoms with Crippen molar-refractivity contribution in [3.05, 3.63) is 57.3 Å². The number of rotatable bonds is 6. The third-order valence-electron chi connectivity index (χ3n) is 4.38. The van der Waals surface area contributed by atoms with Crippen LogP contribution in [0.5, 0.6) is 0 Å². The summed E-state index contributed by atoms with van der Waals surface area (Å²) in [6.45, 7) is 9.62. The van der Waals surface area contributed by atoms with E-state index in [0.717, 1.165) is 11.3 Å².